The van der Waals surface area contributed by atoms with E-state index in [1.807, 2.05) is 50.2 Å². The van der Waals surface area contributed by atoms with Gasteiger partial charge in [-0.25, -0.2) is 0 Å². The molecule has 0 aromatic heterocycles. The molecule has 1 N–H and O–H groups in total. The highest BCUT2D eigenvalue weighted by molar-refractivity contribution is 6.14. The van der Waals surface area contributed by atoms with Gasteiger partial charge in [0.15, 0.2) is 5.78 Å². The molecule has 0 bridgehead atoms. The number of likely N-dealkylation sites (tertiary alicyclic amines) is 1. The van der Waals surface area contributed by atoms with Crippen LogP contribution in [0.3, 0.4) is 0 Å². The molecule has 2 aromatic rings. The van der Waals surface area contributed by atoms with Crippen molar-refractivity contribution in [2.75, 3.05) is 18.4 Å². The zero-order valence-corrected chi connectivity index (χ0v) is 15.5. The fourth-order valence-corrected chi connectivity index (χ4v) is 3.41. The van der Waals surface area contributed by atoms with Gasteiger partial charge in [-0.05, 0) is 51.9 Å². The van der Waals surface area contributed by atoms with Gasteiger partial charge in [0, 0.05) is 11.1 Å². The maximum Gasteiger partial charge on any atom is 0.241 e. The smallest absolute Gasteiger partial charge is 0.241 e. The van der Waals surface area contributed by atoms with Crippen molar-refractivity contribution in [3.05, 3.63) is 65.2 Å². The van der Waals surface area contributed by atoms with Crippen molar-refractivity contribution in [3.8, 4) is 0 Å². The van der Waals surface area contributed by atoms with Gasteiger partial charge in [0.05, 0.1) is 11.7 Å². The molecule has 1 amide bonds. The first kappa shape index (κ1) is 18.3. The van der Waals surface area contributed by atoms with Crippen LogP contribution in [0, 0.1) is 6.92 Å². The number of benzene rings is 2. The van der Waals surface area contributed by atoms with Crippen molar-refractivity contribution in [1.29, 1.82) is 0 Å². The van der Waals surface area contributed by atoms with Crippen molar-refractivity contribution in [1.82, 2.24) is 4.90 Å². The van der Waals surface area contributed by atoms with Crippen LogP contribution in [0.15, 0.2) is 48.5 Å². The van der Waals surface area contributed by atoms with E-state index in [9.17, 15) is 9.59 Å². The largest absolute Gasteiger partial charge is 0.324 e. The summed E-state index contributed by atoms with van der Waals surface area (Å²) in [5.41, 5.74) is 2.73. The molecule has 4 nitrogen and oxygen atoms in total. The van der Waals surface area contributed by atoms with Gasteiger partial charge >= 0.3 is 0 Å². The first-order chi connectivity index (χ1) is 12.6. The molecule has 1 aliphatic heterocycles. The van der Waals surface area contributed by atoms with Crippen LogP contribution in [0.5, 0.6) is 0 Å². The number of carbonyl (C=O) groups is 2. The van der Waals surface area contributed by atoms with Crippen molar-refractivity contribution >= 4 is 17.4 Å². The van der Waals surface area contributed by atoms with Crippen LogP contribution in [0.4, 0.5) is 5.69 Å². The van der Waals surface area contributed by atoms with Crippen LogP contribution < -0.4 is 5.32 Å². The Bertz CT molecular complexity index is 780. The second-order valence-corrected chi connectivity index (χ2v) is 7.01. The summed E-state index contributed by atoms with van der Waals surface area (Å²) in [5.74, 6) is -0.131. The number of nitrogens with zero attached hydrogens (tertiary/aromatic N) is 1. The molecular formula is C22H26N2O2. The molecule has 4 heteroatoms. The van der Waals surface area contributed by atoms with Crippen LogP contribution in [0.2, 0.25) is 0 Å². The van der Waals surface area contributed by atoms with Crippen molar-refractivity contribution in [2.24, 2.45) is 0 Å². The van der Waals surface area contributed by atoms with Gasteiger partial charge in [0.1, 0.15) is 0 Å². The SMILES string of the molecule is Cc1ccc(NC(=O)[C@@H](C)N2CCCCC2)c(C(=O)c2ccccc2)c1. The Morgan fingerprint density at radius 2 is 1.69 bits per heavy atom. The summed E-state index contributed by atoms with van der Waals surface area (Å²) >= 11 is 0. The van der Waals surface area contributed by atoms with Crippen LogP contribution in [-0.4, -0.2) is 35.7 Å². The van der Waals surface area contributed by atoms with Crippen molar-refractivity contribution in [3.63, 3.8) is 0 Å². The molecule has 1 heterocycles. The summed E-state index contributed by atoms with van der Waals surface area (Å²) < 4.78 is 0. The molecule has 1 aliphatic rings. The second-order valence-electron chi connectivity index (χ2n) is 7.01. The number of ketones is 1. The predicted octanol–water partition coefficient (Wildman–Crippen LogP) is 4.04. The number of aryl methyl sites for hydroxylation is 1. The first-order valence-electron chi connectivity index (χ1n) is 9.31. The van der Waals surface area contributed by atoms with E-state index in [1.165, 1.54) is 6.42 Å². The minimum absolute atomic E-state index is 0.0575. The maximum atomic E-state index is 12.9. The number of anilines is 1. The average molecular weight is 350 g/mol. The van der Waals surface area contributed by atoms with Crippen molar-refractivity contribution < 1.29 is 9.59 Å². The number of hydrogen-bond donors (Lipinski definition) is 1. The Hall–Kier alpha value is -2.46. The highest BCUT2D eigenvalue weighted by atomic mass is 16.2. The Kier molecular flexibility index (Phi) is 5.84. The third-order valence-corrected chi connectivity index (χ3v) is 5.03. The Morgan fingerprint density at radius 1 is 1.00 bits per heavy atom. The minimum atomic E-state index is -0.198. The lowest BCUT2D eigenvalue weighted by Crippen LogP contribution is -2.44. The first-order valence-corrected chi connectivity index (χ1v) is 9.31. The highest BCUT2D eigenvalue weighted by Gasteiger charge is 2.24. The maximum absolute atomic E-state index is 12.9. The standard InChI is InChI=1S/C22H26N2O2/c1-16-11-12-20(19(15-16)21(25)18-9-5-3-6-10-18)23-22(26)17(2)24-13-7-4-8-14-24/h3,5-6,9-12,15,17H,4,7-8,13-14H2,1-2H3,(H,23,26)/t17-/m1/s1. The molecule has 0 radical (unpaired) electrons. The Morgan fingerprint density at radius 3 is 2.38 bits per heavy atom. The molecule has 0 unspecified atom stereocenters. The monoisotopic (exact) mass is 350 g/mol. The van der Waals surface area contributed by atoms with E-state index in [2.05, 4.69) is 10.2 Å². The van der Waals surface area contributed by atoms with Gasteiger partial charge in [-0.2, -0.15) is 0 Å². The molecule has 2 aromatic carbocycles. The van der Waals surface area contributed by atoms with Gasteiger partial charge in [0.2, 0.25) is 5.91 Å². The van der Waals surface area contributed by atoms with E-state index >= 15 is 0 Å². The molecule has 0 spiro atoms. The van der Waals surface area contributed by atoms with Gasteiger partial charge in [-0.1, -0.05) is 48.4 Å². The quantitative estimate of drug-likeness (QED) is 0.828. The summed E-state index contributed by atoms with van der Waals surface area (Å²) in [6.45, 7) is 5.80. The predicted molar refractivity (Wildman–Crippen MR) is 105 cm³/mol. The number of nitrogens with one attached hydrogen (secondary N) is 1. The molecule has 0 saturated carbocycles. The number of rotatable bonds is 5. The van der Waals surface area contributed by atoms with E-state index in [-0.39, 0.29) is 17.7 Å². The molecular weight excluding hydrogens is 324 g/mol. The lowest BCUT2D eigenvalue weighted by Gasteiger charge is -2.31. The second kappa shape index (κ2) is 8.28. The summed E-state index contributed by atoms with van der Waals surface area (Å²) in [6.07, 6.45) is 3.51. The normalized spacial score (nSPS) is 16.1. The van der Waals surface area contributed by atoms with Crippen LogP contribution in [-0.2, 0) is 4.79 Å². The van der Waals surface area contributed by atoms with Crippen molar-refractivity contribution in [2.45, 2.75) is 39.2 Å². The van der Waals surface area contributed by atoms with E-state index < -0.39 is 0 Å². The lowest BCUT2D eigenvalue weighted by molar-refractivity contribution is -0.121. The number of piperidine rings is 1. The highest BCUT2D eigenvalue weighted by Crippen LogP contribution is 2.22. The Labute approximate surface area is 155 Å². The molecule has 1 saturated heterocycles. The van der Waals surface area contributed by atoms with Crippen LogP contribution in [0.25, 0.3) is 0 Å². The lowest BCUT2D eigenvalue weighted by atomic mass is 9.99. The minimum Gasteiger partial charge on any atom is -0.324 e. The Balaban J connectivity index is 1.81. The van der Waals surface area contributed by atoms with E-state index in [0.717, 1.165) is 31.5 Å². The van der Waals surface area contributed by atoms with E-state index in [0.29, 0.717) is 16.8 Å². The zero-order valence-electron chi connectivity index (χ0n) is 15.5. The fourth-order valence-electron chi connectivity index (χ4n) is 3.41. The number of carbonyl (C=O) groups excluding carboxylic acids is 2. The summed E-state index contributed by atoms with van der Waals surface area (Å²) in [7, 11) is 0. The summed E-state index contributed by atoms with van der Waals surface area (Å²) in [6, 6.07) is 14.6. The molecule has 3 rings (SSSR count). The molecule has 136 valence electrons. The molecule has 1 atom stereocenters. The van der Waals surface area contributed by atoms with E-state index in [1.54, 1.807) is 12.1 Å². The summed E-state index contributed by atoms with van der Waals surface area (Å²) in [5, 5.41) is 2.98. The van der Waals surface area contributed by atoms with Gasteiger partial charge in [-0.15, -0.1) is 0 Å². The molecule has 0 aliphatic carbocycles. The summed E-state index contributed by atoms with van der Waals surface area (Å²) in [4.78, 5) is 27.9. The fraction of sp³-hybridized carbons (Fsp3) is 0.364. The molecule has 26 heavy (non-hydrogen) atoms. The average Bonchev–Trinajstić information content (AvgIpc) is 2.69. The van der Waals surface area contributed by atoms with E-state index in [4.69, 9.17) is 0 Å². The van der Waals surface area contributed by atoms with Crippen LogP contribution in [0.1, 0.15) is 47.7 Å². The topological polar surface area (TPSA) is 49.4 Å². The molecule has 1 fully saturated rings. The number of amides is 1. The van der Waals surface area contributed by atoms with Crippen LogP contribution >= 0.6 is 0 Å². The third kappa shape index (κ3) is 4.20. The van der Waals surface area contributed by atoms with Gasteiger partial charge < -0.3 is 5.32 Å². The zero-order chi connectivity index (χ0) is 18.5. The van der Waals surface area contributed by atoms with Gasteiger partial charge in [0.25, 0.3) is 0 Å². The van der Waals surface area contributed by atoms with Gasteiger partial charge in [-0.3, -0.25) is 14.5 Å². The third-order valence-electron chi connectivity index (χ3n) is 5.03. The number of hydrogen-bond acceptors (Lipinski definition) is 3.